The zero-order valence-electron chi connectivity index (χ0n) is 14.6. The lowest BCUT2D eigenvalue weighted by atomic mass is 10.1. The molecule has 2 N–H and O–H groups in total. The van der Waals surface area contributed by atoms with E-state index in [4.69, 9.17) is 4.74 Å². The summed E-state index contributed by atoms with van der Waals surface area (Å²) in [4.78, 5) is 14.3. The largest absolute Gasteiger partial charge is 0.495 e. The highest BCUT2D eigenvalue weighted by Crippen LogP contribution is 2.31. The topological polar surface area (TPSA) is 53.6 Å². The number of anilines is 1. The lowest BCUT2D eigenvalue weighted by Gasteiger charge is -2.21. The highest BCUT2D eigenvalue weighted by Gasteiger charge is 2.24. The minimum Gasteiger partial charge on any atom is -0.495 e. The number of nitrogens with one attached hydrogen (secondary N) is 2. The summed E-state index contributed by atoms with van der Waals surface area (Å²) in [6.45, 7) is 3.15. The average molecular weight is 339 g/mol. The number of ether oxygens (including phenoxy) is 1. The Hall–Kier alpha value is -2.69. The first kappa shape index (κ1) is 17.1. The Labute approximate surface area is 149 Å². The van der Waals surface area contributed by atoms with E-state index in [-0.39, 0.29) is 6.03 Å². The van der Waals surface area contributed by atoms with Gasteiger partial charge in [0.15, 0.2) is 0 Å². The van der Waals surface area contributed by atoms with E-state index >= 15 is 0 Å². The molecule has 0 bridgehead atoms. The van der Waals surface area contributed by atoms with E-state index in [0.29, 0.717) is 19.0 Å². The number of carbonyl (C=O) groups excluding carboxylic acids is 1. The van der Waals surface area contributed by atoms with Gasteiger partial charge in [-0.05, 0) is 30.0 Å². The molecule has 3 rings (SSSR count). The maximum atomic E-state index is 12.0. The number of hydrogen-bond donors (Lipinski definition) is 2. The standard InChI is InChI=1S/C20H25N3O2/c1-25-19-10-6-5-9-18(19)23-12-11-17(15-23)14-22-20(24)21-13-16-7-3-2-4-8-16/h2-10,17H,11-15H2,1H3,(H2,21,22,24). The van der Waals surface area contributed by atoms with Crippen LogP contribution in [0.15, 0.2) is 54.6 Å². The van der Waals surface area contributed by atoms with Crippen molar-refractivity contribution in [1.29, 1.82) is 0 Å². The van der Waals surface area contributed by atoms with Gasteiger partial charge in [-0.3, -0.25) is 0 Å². The number of urea groups is 1. The second kappa shape index (κ2) is 8.42. The Morgan fingerprint density at radius 3 is 2.68 bits per heavy atom. The summed E-state index contributed by atoms with van der Waals surface area (Å²) in [5.74, 6) is 1.35. The summed E-state index contributed by atoms with van der Waals surface area (Å²) in [5.41, 5.74) is 2.22. The molecule has 0 radical (unpaired) electrons. The van der Waals surface area contributed by atoms with Crippen LogP contribution in [0.2, 0.25) is 0 Å². The van der Waals surface area contributed by atoms with Crippen LogP contribution in [0.1, 0.15) is 12.0 Å². The van der Waals surface area contributed by atoms with E-state index in [1.165, 1.54) is 0 Å². The fraction of sp³-hybridized carbons (Fsp3) is 0.350. The summed E-state index contributed by atoms with van der Waals surface area (Å²) >= 11 is 0. The molecule has 2 amide bonds. The summed E-state index contributed by atoms with van der Waals surface area (Å²) in [6, 6.07) is 17.9. The molecule has 0 saturated carbocycles. The summed E-state index contributed by atoms with van der Waals surface area (Å²) in [6.07, 6.45) is 1.07. The number of methoxy groups -OCH3 is 1. The predicted molar refractivity (Wildman–Crippen MR) is 100.0 cm³/mol. The molecule has 2 aromatic carbocycles. The third-order valence-corrected chi connectivity index (χ3v) is 4.56. The highest BCUT2D eigenvalue weighted by molar-refractivity contribution is 5.73. The van der Waals surface area contributed by atoms with Crippen LogP contribution in [-0.2, 0) is 6.54 Å². The molecular formula is C20H25N3O2. The van der Waals surface area contributed by atoms with Crippen molar-refractivity contribution in [2.75, 3.05) is 31.6 Å². The molecule has 1 atom stereocenters. The first-order chi connectivity index (χ1) is 12.3. The maximum absolute atomic E-state index is 12.0. The van der Waals surface area contributed by atoms with E-state index in [9.17, 15) is 4.79 Å². The van der Waals surface area contributed by atoms with Gasteiger partial charge in [0.1, 0.15) is 5.75 Å². The minimum absolute atomic E-state index is 0.111. The number of para-hydroxylation sites is 2. The second-order valence-corrected chi connectivity index (χ2v) is 6.32. The van der Waals surface area contributed by atoms with Gasteiger partial charge in [0, 0.05) is 26.2 Å². The molecule has 25 heavy (non-hydrogen) atoms. The molecule has 1 aliphatic heterocycles. The molecule has 1 heterocycles. The van der Waals surface area contributed by atoms with Crippen LogP contribution in [0.3, 0.4) is 0 Å². The van der Waals surface area contributed by atoms with Crippen molar-refractivity contribution in [2.45, 2.75) is 13.0 Å². The quantitative estimate of drug-likeness (QED) is 0.851. The molecule has 1 fully saturated rings. The van der Waals surface area contributed by atoms with E-state index < -0.39 is 0 Å². The lowest BCUT2D eigenvalue weighted by Crippen LogP contribution is -2.38. The molecule has 132 valence electrons. The van der Waals surface area contributed by atoms with Crippen molar-refractivity contribution in [3.63, 3.8) is 0 Å². The molecule has 1 saturated heterocycles. The number of carbonyl (C=O) groups is 1. The van der Waals surface area contributed by atoms with E-state index in [2.05, 4.69) is 21.6 Å². The lowest BCUT2D eigenvalue weighted by molar-refractivity contribution is 0.239. The fourth-order valence-electron chi connectivity index (χ4n) is 3.19. The fourth-order valence-corrected chi connectivity index (χ4v) is 3.19. The smallest absolute Gasteiger partial charge is 0.315 e. The molecule has 0 spiro atoms. The number of benzene rings is 2. The summed E-state index contributed by atoms with van der Waals surface area (Å²) in [5, 5.41) is 5.89. The first-order valence-corrected chi connectivity index (χ1v) is 8.70. The Morgan fingerprint density at radius 1 is 1.12 bits per heavy atom. The number of rotatable bonds is 6. The second-order valence-electron chi connectivity index (χ2n) is 6.32. The van der Waals surface area contributed by atoms with Crippen LogP contribution in [0.4, 0.5) is 10.5 Å². The van der Waals surface area contributed by atoms with Gasteiger partial charge in [-0.15, -0.1) is 0 Å². The van der Waals surface area contributed by atoms with Gasteiger partial charge in [0.05, 0.1) is 12.8 Å². The van der Waals surface area contributed by atoms with Gasteiger partial charge in [-0.25, -0.2) is 4.79 Å². The van der Waals surface area contributed by atoms with Crippen LogP contribution in [0.5, 0.6) is 5.75 Å². The van der Waals surface area contributed by atoms with Gasteiger partial charge < -0.3 is 20.3 Å². The van der Waals surface area contributed by atoms with Crippen LogP contribution in [0.25, 0.3) is 0 Å². The number of amides is 2. The van der Waals surface area contributed by atoms with Crippen LogP contribution >= 0.6 is 0 Å². The summed E-state index contributed by atoms with van der Waals surface area (Å²) < 4.78 is 5.44. The van der Waals surface area contributed by atoms with Gasteiger partial charge in [-0.1, -0.05) is 42.5 Å². The Bertz CT molecular complexity index is 690. The predicted octanol–water partition coefficient (Wildman–Crippen LogP) is 3.02. The van der Waals surface area contributed by atoms with Crippen molar-refractivity contribution in [3.8, 4) is 5.75 Å². The van der Waals surface area contributed by atoms with E-state index in [1.807, 2.05) is 48.5 Å². The molecule has 0 aliphatic carbocycles. The molecule has 2 aromatic rings. The van der Waals surface area contributed by atoms with Crippen molar-refractivity contribution >= 4 is 11.7 Å². The third kappa shape index (κ3) is 4.66. The third-order valence-electron chi connectivity index (χ3n) is 4.56. The molecule has 5 nitrogen and oxygen atoms in total. The average Bonchev–Trinajstić information content (AvgIpc) is 3.14. The summed E-state index contributed by atoms with van der Waals surface area (Å²) in [7, 11) is 1.70. The van der Waals surface area contributed by atoms with Gasteiger partial charge in [0.2, 0.25) is 0 Å². The van der Waals surface area contributed by atoms with E-state index in [0.717, 1.165) is 36.5 Å². The van der Waals surface area contributed by atoms with Crippen LogP contribution in [0, 0.1) is 5.92 Å². The Balaban J connectivity index is 1.43. The first-order valence-electron chi connectivity index (χ1n) is 8.70. The van der Waals surface area contributed by atoms with Gasteiger partial charge >= 0.3 is 6.03 Å². The van der Waals surface area contributed by atoms with Gasteiger partial charge in [0.25, 0.3) is 0 Å². The SMILES string of the molecule is COc1ccccc1N1CCC(CNC(=O)NCc2ccccc2)C1. The van der Waals surface area contributed by atoms with Crippen molar-refractivity contribution in [3.05, 3.63) is 60.2 Å². The van der Waals surface area contributed by atoms with E-state index in [1.54, 1.807) is 7.11 Å². The maximum Gasteiger partial charge on any atom is 0.315 e. The molecule has 5 heteroatoms. The van der Waals surface area contributed by atoms with Gasteiger partial charge in [-0.2, -0.15) is 0 Å². The van der Waals surface area contributed by atoms with Crippen molar-refractivity contribution in [1.82, 2.24) is 10.6 Å². The number of hydrogen-bond acceptors (Lipinski definition) is 3. The normalized spacial score (nSPS) is 16.5. The van der Waals surface area contributed by atoms with Crippen molar-refractivity contribution < 1.29 is 9.53 Å². The van der Waals surface area contributed by atoms with Crippen molar-refractivity contribution in [2.24, 2.45) is 5.92 Å². The zero-order valence-corrected chi connectivity index (χ0v) is 14.6. The molecular weight excluding hydrogens is 314 g/mol. The van der Waals surface area contributed by atoms with Crippen LogP contribution < -0.4 is 20.3 Å². The zero-order chi connectivity index (χ0) is 17.5. The monoisotopic (exact) mass is 339 g/mol. The van der Waals surface area contributed by atoms with Crippen LogP contribution in [-0.4, -0.2) is 32.8 Å². The molecule has 1 aliphatic rings. The molecule has 0 aromatic heterocycles. The molecule has 1 unspecified atom stereocenters. The Morgan fingerprint density at radius 2 is 1.88 bits per heavy atom. The Kier molecular flexibility index (Phi) is 5.77. The minimum atomic E-state index is -0.111. The number of nitrogens with zero attached hydrogens (tertiary/aromatic N) is 1. The highest BCUT2D eigenvalue weighted by atomic mass is 16.5.